The molecule has 2 N–H and O–H groups in total. The van der Waals surface area contributed by atoms with E-state index >= 15 is 0 Å². The highest BCUT2D eigenvalue weighted by molar-refractivity contribution is 7.80. The van der Waals surface area contributed by atoms with E-state index in [9.17, 15) is 4.79 Å². The fourth-order valence-corrected chi connectivity index (χ4v) is 2.33. The number of ether oxygens (including phenoxy) is 1. The first kappa shape index (κ1) is 12.8. The van der Waals surface area contributed by atoms with E-state index in [4.69, 9.17) is 22.7 Å². The molecule has 1 aliphatic rings. The van der Waals surface area contributed by atoms with E-state index < -0.39 is 0 Å². The van der Waals surface area contributed by atoms with Gasteiger partial charge in [-0.25, -0.2) is 4.79 Å². The van der Waals surface area contributed by atoms with E-state index in [1.807, 2.05) is 30.3 Å². The van der Waals surface area contributed by atoms with Crippen LogP contribution in [-0.2, 0) is 11.3 Å². The summed E-state index contributed by atoms with van der Waals surface area (Å²) in [6.45, 7) is 0.940. The predicted octanol–water partition coefficient (Wildman–Crippen LogP) is 2.07. The Morgan fingerprint density at radius 2 is 2.17 bits per heavy atom. The van der Waals surface area contributed by atoms with E-state index in [1.54, 1.807) is 4.90 Å². The van der Waals surface area contributed by atoms with Crippen molar-refractivity contribution < 1.29 is 9.53 Å². The molecule has 5 heteroatoms. The molecule has 1 amide bonds. The maximum Gasteiger partial charge on any atom is 0.410 e. The Bertz CT molecular complexity index is 436. The third-order valence-corrected chi connectivity index (χ3v) is 3.29. The smallest absolute Gasteiger partial charge is 0.410 e. The number of benzene rings is 1. The van der Waals surface area contributed by atoms with Crippen LogP contribution < -0.4 is 5.73 Å². The highest BCUT2D eigenvalue weighted by atomic mass is 32.1. The fraction of sp³-hybridized carbons (Fsp3) is 0.385. The van der Waals surface area contributed by atoms with Gasteiger partial charge < -0.3 is 10.5 Å². The van der Waals surface area contributed by atoms with Crippen LogP contribution in [0.25, 0.3) is 0 Å². The van der Waals surface area contributed by atoms with Gasteiger partial charge in [-0.05, 0) is 18.4 Å². The summed E-state index contributed by atoms with van der Waals surface area (Å²) in [6.07, 6.45) is 1.41. The number of amides is 1. The number of rotatable bonds is 3. The second-order valence-corrected chi connectivity index (χ2v) is 4.77. The SMILES string of the molecule is NC(=S)C1CCCN1C(=O)OCc1ccccc1. The Balaban J connectivity index is 1.90. The maximum atomic E-state index is 11.9. The van der Waals surface area contributed by atoms with Crippen LogP contribution in [0.2, 0.25) is 0 Å². The lowest BCUT2D eigenvalue weighted by Gasteiger charge is -2.22. The molecule has 0 aromatic heterocycles. The van der Waals surface area contributed by atoms with Gasteiger partial charge in [-0.2, -0.15) is 0 Å². The zero-order chi connectivity index (χ0) is 13.0. The van der Waals surface area contributed by atoms with Crippen molar-refractivity contribution >= 4 is 23.3 Å². The van der Waals surface area contributed by atoms with Crippen molar-refractivity contribution in [3.05, 3.63) is 35.9 Å². The number of hydrogen-bond acceptors (Lipinski definition) is 3. The Kier molecular flexibility index (Phi) is 4.15. The second-order valence-electron chi connectivity index (χ2n) is 4.29. The van der Waals surface area contributed by atoms with Crippen molar-refractivity contribution in [1.82, 2.24) is 4.90 Å². The average Bonchev–Trinajstić information content (AvgIpc) is 2.86. The number of hydrogen-bond donors (Lipinski definition) is 1. The Labute approximate surface area is 112 Å². The quantitative estimate of drug-likeness (QED) is 0.849. The summed E-state index contributed by atoms with van der Waals surface area (Å²) in [7, 11) is 0. The van der Waals surface area contributed by atoms with E-state index in [2.05, 4.69) is 0 Å². The van der Waals surface area contributed by atoms with Crippen molar-refractivity contribution in [2.24, 2.45) is 5.73 Å². The van der Waals surface area contributed by atoms with Crippen molar-refractivity contribution in [2.45, 2.75) is 25.5 Å². The number of carbonyl (C=O) groups is 1. The van der Waals surface area contributed by atoms with Crippen molar-refractivity contribution in [3.8, 4) is 0 Å². The standard InChI is InChI=1S/C13H16N2O2S/c14-12(18)11-7-4-8-15(11)13(16)17-9-10-5-2-1-3-6-10/h1-3,5-6,11H,4,7-9H2,(H2,14,18). The number of thiocarbonyl (C=S) groups is 1. The van der Waals surface area contributed by atoms with Gasteiger partial charge >= 0.3 is 6.09 Å². The van der Waals surface area contributed by atoms with Gasteiger partial charge in [0.1, 0.15) is 6.61 Å². The van der Waals surface area contributed by atoms with Gasteiger partial charge in [-0.3, -0.25) is 4.90 Å². The fourth-order valence-electron chi connectivity index (χ4n) is 2.08. The molecule has 1 aromatic rings. The van der Waals surface area contributed by atoms with Gasteiger partial charge in [-0.15, -0.1) is 0 Å². The van der Waals surface area contributed by atoms with Crippen molar-refractivity contribution in [1.29, 1.82) is 0 Å². The first-order valence-corrected chi connectivity index (χ1v) is 6.36. The Morgan fingerprint density at radius 3 is 2.83 bits per heavy atom. The van der Waals surface area contributed by atoms with Gasteiger partial charge in [-0.1, -0.05) is 42.5 Å². The van der Waals surface area contributed by atoms with Gasteiger partial charge in [0.2, 0.25) is 0 Å². The lowest BCUT2D eigenvalue weighted by Crippen LogP contribution is -2.43. The molecule has 2 rings (SSSR count). The van der Waals surface area contributed by atoms with Crippen LogP contribution in [-0.4, -0.2) is 28.6 Å². The summed E-state index contributed by atoms with van der Waals surface area (Å²) in [6, 6.07) is 9.44. The van der Waals surface area contributed by atoms with Crippen LogP contribution in [0, 0.1) is 0 Å². The topological polar surface area (TPSA) is 55.6 Å². The Morgan fingerprint density at radius 1 is 1.44 bits per heavy atom. The molecule has 0 aliphatic carbocycles. The van der Waals surface area contributed by atoms with E-state index in [1.165, 1.54) is 0 Å². The predicted molar refractivity (Wildman–Crippen MR) is 73.1 cm³/mol. The number of likely N-dealkylation sites (tertiary alicyclic amines) is 1. The zero-order valence-corrected chi connectivity index (χ0v) is 10.9. The van der Waals surface area contributed by atoms with E-state index in [-0.39, 0.29) is 18.7 Å². The number of carbonyl (C=O) groups excluding carboxylic acids is 1. The Hall–Kier alpha value is -1.62. The van der Waals surface area contributed by atoms with Crippen LogP contribution in [0.4, 0.5) is 4.79 Å². The third kappa shape index (κ3) is 2.98. The molecule has 1 aromatic carbocycles. The molecule has 1 aliphatic heterocycles. The summed E-state index contributed by atoms with van der Waals surface area (Å²) < 4.78 is 5.26. The zero-order valence-electron chi connectivity index (χ0n) is 10.0. The highest BCUT2D eigenvalue weighted by Gasteiger charge is 2.31. The highest BCUT2D eigenvalue weighted by Crippen LogP contribution is 2.19. The first-order chi connectivity index (χ1) is 8.68. The van der Waals surface area contributed by atoms with Gasteiger partial charge in [0, 0.05) is 6.54 Å². The molecule has 4 nitrogen and oxygen atoms in total. The summed E-state index contributed by atoms with van der Waals surface area (Å²) in [5.74, 6) is 0. The monoisotopic (exact) mass is 264 g/mol. The minimum absolute atomic E-state index is 0.150. The molecular weight excluding hydrogens is 248 g/mol. The molecule has 1 atom stereocenters. The van der Waals surface area contributed by atoms with Gasteiger partial charge in [0.15, 0.2) is 0 Å². The lowest BCUT2D eigenvalue weighted by molar-refractivity contribution is 0.0994. The molecule has 96 valence electrons. The second kappa shape index (κ2) is 5.82. The summed E-state index contributed by atoms with van der Waals surface area (Å²) in [5, 5.41) is 0. The minimum atomic E-state index is -0.339. The van der Waals surface area contributed by atoms with Crippen molar-refractivity contribution in [3.63, 3.8) is 0 Å². The van der Waals surface area contributed by atoms with Gasteiger partial charge in [0.25, 0.3) is 0 Å². The van der Waals surface area contributed by atoms with Crippen LogP contribution >= 0.6 is 12.2 Å². The summed E-state index contributed by atoms with van der Waals surface area (Å²) >= 11 is 4.96. The normalized spacial score (nSPS) is 18.7. The molecule has 0 bridgehead atoms. The van der Waals surface area contributed by atoms with E-state index in [0.29, 0.717) is 11.5 Å². The molecule has 0 radical (unpaired) electrons. The first-order valence-electron chi connectivity index (χ1n) is 5.95. The van der Waals surface area contributed by atoms with Crippen LogP contribution in [0.3, 0.4) is 0 Å². The lowest BCUT2D eigenvalue weighted by atomic mass is 10.2. The molecular formula is C13H16N2O2S. The van der Waals surface area contributed by atoms with Crippen molar-refractivity contribution in [2.75, 3.05) is 6.54 Å². The third-order valence-electron chi connectivity index (χ3n) is 3.02. The molecule has 1 saturated heterocycles. The summed E-state index contributed by atoms with van der Waals surface area (Å²) in [5.41, 5.74) is 6.58. The van der Waals surface area contributed by atoms with Crippen LogP contribution in [0.15, 0.2) is 30.3 Å². The van der Waals surface area contributed by atoms with Crippen LogP contribution in [0.1, 0.15) is 18.4 Å². The molecule has 1 unspecified atom stereocenters. The molecule has 1 fully saturated rings. The molecule has 0 spiro atoms. The summed E-state index contributed by atoms with van der Waals surface area (Å²) in [4.78, 5) is 13.9. The maximum absolute atomic E-state index is 11.9. The largest absolute Gasteiger partial charge is 0.445 e. The van der Waals surface area contributed by atoms with Crippen LogP contribution in [0.5, 0.6) is 0 Å². The number of nitrogens with two attached hydrogens (primary N) is 1. The van der Waals surface area contributed by atoms with E-state index in [0.717, 1.165) is 18.4 Å². The number of nitrogens with zero attached hydrogens (tertiary/aromatic N) is 1. The average molecular weight is 264 g/mol. The molecule has 1 heterocycles. The van der Waals surface area contributed by atoms with Gasteiger partial charge in [0.05, 0.1) is 11.0 Å². The molecule has 18 heavy (non-hydrogen) atoms. The minimum Gasteiger partial charge on any atom is -0.445 e. The molecule has 0 saturated carbocycles.